The number of nitrogen functional groups attached to an aromatic ring is 1. The van der Waals surface area contributed by atoms with Crippen LogP contribution in [0.25, 0.3) is 0 Å². The third-order valence-corrected chi connectivity index (χ3v) is 4.63. The summed E-state index contributed by atoms with van der Waals surface area (Å²) in [4.78, 5) is -0.151. The van der Waals surface area contributed by atoms with E-state index in [0.29, 0.717) is 0 Å². The number of anilines is 1. The highest BCUT2D eigenvalue weighted by atomic mass is 32.2. The van der Waals surface area contributed by atoms with Gasteiger partial charge in [-0.1, -0.05) is 6.08 Å². The molecular formula is C13H19FN2O2S. The van der Waals surface area contributed by atoms with Crippen molar-refractivity contribution in [1.29, 1.82) is 0 Å². The third-order valence-electron chi connectivity index (χ3n) is 2.52. The van der Waals surface area contributed by atoms with Gasteiger partial charge in [0.25, 0.3) is 0 Å². The predicted octanol–water partition coefficient (Wildman–Crippen LogP) is 2.38. The summed E-state index contributed by atoms with van der Waals surface area (Å²) in [7, 11) is -3.82. The molecule has 6 heteroatoms. The van der Waals surface area contributed by atoms with E-state index in [1.807, 2.05) is 0 Å². The monoisotopic (exact) mass is 286 g/mol. The fourth-order valence-corrected chi connectivity index (χ4v) is 3.53. The van der Waals surface area contributed by atoms with Crippen LogP contribution < -0.4 is 5.73 Å². The van der Waals surface area contributed by atoms with Crippen molar-refractivity contribution < 1.29 is 12.8 Å². The summed E-state index contributed by atoms with van der Waals surface area (Å²) in [6.07, 6.45) is 1.49. The maximum absolute atomic E-state index is 13.3. The van der Waals surface area contributed by atoms with Crippen LogP contribution in [0, 0.1) is 5.82 Å². The van der Waals surface area contributed by atoms with E-state index in [1.165, 1.54) is 16.4 Å². The van der Waals surface area contributed by atoms with Crippen molar-refractivity contribution in [2.45, 2.75) is 31.2 Å². The number of hydrogen-bond donors (Lipinski definition) is 1. The van der Waals surface area contributed by atoms with Crippen molar-refractivity contribution in [3.8, 4) is 0 Å². The van der Waals surface area contributed by atoms with Crippen LogP contribution in [0.3, 0.4) is 0 Å². The maximum atomic E-state index is 13.3. The lowest BCUT2D eigenvalue weighted by molar-refractivity contribution is 0.270. The SMILES string of the molecule is C=CCN(C(C)(C)C)S(=O)(=O)c1cc(N)cc(F)c1. The first-order valence-electron chi connectivity index (χ1n) is 5.79. The molecule has 0 aromatic heterocycles. The lowest BCUT2D eigenvalue weighted by atomic mass is 10.1. The second-order valence-electron chi connectivity index (χ2n) is 5.22. The first-order valence-corrected chi connectivity index (χ1v) is 7.23. The molecule has 0 saturated heterocycles. The van der Waals surface area contributed by atoms with Gasteiger partial charge < -0.3 is 5.73 Å². The van der Waals surface area contributed by atoms with Crippen molar-refractivity contribution in [1.82, 2.24) is 4.31 Å². The van der Waals surface area contributed by atoms with Crippen LogP contribution in [0.5, 0.6) is 0 Å². The lowest BCUT2D eigenvalue weighted by Gasteiger charge is -2.33. The molecule has 0 saturated carbocycles. The van der Waals surface area contributed by atoms with E-state index in [0.717, 1.165) is 12.1 Å². The minimum Gasteiger partial charge on any atom is -0.399 e. The first-order chi connectivity index (χ1) is 8.59. The average molecular weight is 286 g/mol. The zero-order valence-corrected chi connectivity index (χ0v) is 12.2. The highest BCUT2D eigenvalue weighted by molar-refractivity contribution is 7.89. The molecular weight excluding hydrogens is 267 g/mol. The van der Waals surface area contributed by atoms with E-state index in [-0.39, 0.29) is 17.1 Å². The minimum absolute atomic E-state index is 0.0750. The smallest absolute Gasteiger partial charge is 0.244 e. The molecule has 0 heterocycles. The molecule has 0 aliphatic heterocycles. The quantitative estimate of drug-likeness (QED) is 0.683. The summed E-state index contributed by atoms with van der Waals surface area (Å²) in [5.41, 5.74) is 4.93. The summed E-state index contributed by atoms with van der Waals surface area (Å²) < 4.78 is 39.6. The van der Waals surface area contributed by atoms with Gasteiger partial charge in [-0.3, -0.25) is 0 Å². The topological polar surface area (TPSA) is 63.4 Å². The Morgan fingerprint density at radius 1 is 1.37 bits per heavy atom. The summed E-state index contributed by atoms with van der Waals surface area (Å²) in [5, 5.41) is 0. The average Bonchev–Trinajstić information content (AvgIpc) is 2.22. The van der Waals surface area contributed by atoms with Gasteiger partial charge >= 0.3 is 0 Å². The lowest BCUT2D eigenvalue weighted by Crippen LogP contribution is -2.45. The van der Waals surface area contributed by atoms with E-state index in [9.17, 15) is 12.8 Å². The molecule has 0 aliphatic rings. The third kappa shape index (κ3) is 3.54. The summed E-state index contributed by atoms with van der Waals surface area (Å²) in [5.74, 6) is -0.675. The van der Waals surface area contributed by atoms with Gasteiger partial charge in [-0.05, 0) is 39.0 Å². The molecule has 0 atom stereocenters. The second kappa shape index (κ2) is 5.30. The Kier molecular flexibility index (Phi) is 4.37. The van der Waals surface area contributed by atoms with Crippen LogP contribution in [0.4, 0.5) is 10.1 Å². The molecule has 0 spiro atoms. The van der Waals surface area contributed by atoms with Crippen molar-refractivity contribution in [2.24, 2.45) is 0 Å². The Morgan fingerprint density at radius 2 is 1.95 bits per heavy atom. The second-order valence-corrected chi connectivity index (χ2v) is 7.08. The van der Waals surface area contributed by atoms with E-state index >= 15 is 0 Å². The number of sulfonamides is 1. The van der Waals surface area contributed by atoms with Gasteiger partial charge in [-0.25, -0.2) is 12.8 Å². The van der Waals surface area contributed by atoms with Gasteiger partial charge in [0.15, 0.2) is 0 Å². The van der Waals surface area contributed by atoms with Crippen LogP contribution in [-0.4, -0.2) is 24.8 Å². The summed E-state index contributed by atoms with van der Waals surface area (Å²) >= 11 is 0. The van der Waals surface area contributed by atoms with Gasteiger partial charge in [0.1, 0.15) is 5.82 Å². The van der Waals surface area contributed by atoms with E-state index < -0.39 is 21.4 Å². The summed E-state index contributed by atoms with van der Waals surface area (Å²) in [6, 6.07) is 3.29. The van der Waals surface area contributed by atoms with Crippen molar-refractivity contribution in [3.63, 3.8) is 0 Å². The molecule has 1 aromatic rings. The zero-order chi connectivity index (χ0) is 14.8. The molecule has 4 nitrogen and oxygen atoms in total. The number of nitrogens with two attached hydrogens (primary N) is 1. The molecule has 0 amide bonds. The van der Waals surface area contributed by atoms with Crippen LogP contribution >= 0.6 is 0 Å². The number of nitrogens with zero attached hydrogens (tertiary/aromatic N) is 1. The van der Waals surface area contributed by atoms with Gasteiger partial charge in [0.2, 0.25) is 10.0 Å². The largest absolute Gasteiger partial charge is 0.399 e. The molecule has 19 heavy (non-hydrogen) atoms. The zero-order valence-electron chi connectivity index (χ0n) is 11.4. The Labute approximate surface area is 113 Å². The van der Waals surface area contributed by atoms with Gasteiger partial charge in [0, 0.05) is 17.8 Å². The van der Waals surface area contributed by atoms with E-state index in [2.05, 4.69) is 6.58 Å². The highest BCUT2D eigenvalue weighted by Gasteiger charge is 2.33. The molecule has 0 unspecified atom stereocenters. The van der Waals surface area contributed by atoms with Crippen LogP contribution in [-0.2, 0) is 10.0 Å². The normalized spacial score (nSPS) is 12.7. The van der Waals surface area contributed by atoms with Crippen molar-refractivity contribution in [3.05, 3.63) is 36.7 Å². The van der Waals surface area contributed by atoms with Crippen molar-refractivity contribution >= 4 is 15.7 Å². The predicted molar refractivity (Wildman–Crippen MR) is 74.7 cm³/mol. The van der Waals surface area contributed by atoms with E-state index in [1.54, 1.807) is 20.8 Å². The van der Waals surface area contributed by atoms with Gasteiger partial charge in [0.05, 0.1) is 4.90 Å². The maximum Gasteiger partial charge on any atom is 0.244 e. The minimum atomic E-state index is -3.82. The Bertz CT molecular complexity index is 557. The number of rotatable bonds is 4. The molecule has 106 valence electrons. The number of halogens is 1. The van der Waals surface area contributed by atoms with Crippen LogP contribution in [0.1, 0.15) is 20.8 Å². The Hall–Kier alpha value is -1.40. The number of hydrogen-bond acceptors (Lipinski definition) is 3. The molecule has 1 aromatic carbocycles. The van der Waals surface area contributed by atoms with E-state index in [4.69, 9.17) is 5.73 Å². The standard InChI is InChI=1S/C13H19FN2O2S/c1-5-6-16(13(2,3)4)19(17,18)12-8-10(14)7-11(15)9-12/h5,7-9H,1,6,15H2,2-4H3. The fourth-order valence-electron chi connectivity index (χ4n) is 1.71. The first kappa shape index (κ1) is 15.7. The molecule has 0 radical (unpaired) electrons. The van der Waals surface area contributed by atoms with Crippen molar-refractivity contribution in [2.75, 3.05) is 12.3 Å². The van der Waals surface area contributed by atoms with Gasteiger partial charge in [-0.2, -0.15) is 4.31 Å². The van der Waals surface area contributed by atoms with Crippen LogP contribution in [0.2, 0.25) is 0 Å². The fraction of sp³-hybridized carbons (Fsp3) is 0.385. The molecule has 0 fully saturated rings. The van der Waals surface area contributed by atoms with Crippen LogP contribution in [0.15, 0.2) is 35.7 Å². The molecule has 0 bridgehead atoms. The molecule has 1 rings (SSSR count). The van der Waals surface area contributed by atoms with Gasteiger partial charge in [-0.15, -0.1) is 6.58 Å². The molecule has 2 N–H and O–H groups in total. The molecule has 0 aliphatic carbocycles. The number of benzene rings is 1. The highest BCUT2D eigenvalue weighted by Crippen LogP contribution is 2.26. The Morgan fingerprint density at radius 3 is 2.37 bits per heavy atom. The Balaban J connectivity index is 3.38. The summed E-state index contributed by atoms with van der Waals surface area (Å²) in [6.45, 7) is 8.97.